The third-order valence-corrected chi connectivity index (χ3v) is 3.93. The summed E-state index contributed by atoms with van der Waals surface area (Å²) < 4.78 is 5.20. The average Bonchev–Trinajstić information content (AvgIpc) is 3.01. The van der Waals surface area contributed by atoms with E-state index in [0.717, 1.165) is 11.4 Å². The molecule has 1 saturated carbocycles. The highest BCUT2D eigenvalue weighted by Crippen LogP contribution is 2.49. The first-order valence-corrected chi connectivity index (χ1v) is 6.03. The van der Waals surface area contributed by atoms with Crippen LogP contribution in [0.3, 0.4) is 0 Å². The molecular formula is C13H18ClNO. The van der Waals surface area contributed by atoms with Gasteiger partial charge in [0, 0.05) is 17.8 Å². The monoisotopic (exact) mass is 239 g/mol. The van der Waals surface area contributed by atoms with E-state index in [9.17, 15) is 0 Å². The Kier molecular flexibility index (Phi) is 3.02. The number of anilines is 1. The highest BCUT2D eigenvalue weighted by molar-refractivity contribution is 6.32. The van der Waals surface area contributed by atoms with Crippen molar-refractivity contribution in [2.75, 3.05) is 12.4 Å². The average molecular weight is 240 g/mol. The lowest BCUT2D eigenvalue weighted by molar-refractivity contribution is 0.415. The van der Waals surface area contributed by atoms with Gasteiger partial charge in [0.1, 0.15) is 5.75 Å². The summed E-state index contributed by atoms with van der Waals surface area (Å²) in [5.74, 6) is 0.722. The number of methoxy groups -OCH3 is 1. The Morgan fingerprint density at radius 1 is 1.44 bits per heavy atom. The van der Waals surface area contributed by atoms with Gasteiger partial charge in [-0.25, -0.2) is 0 Å². The first kappa shape index (κ1) is 11.6. The van der Waals surface area contributed by atoms with Crippen LogP contribution >= 0.6 is 11.6 Å². The largest absolute Gasteiger partial charge is 0.495 e. The first-order chi connectivity index (χ1) is 7.55. The molecule has 2 rings (SSSR count). The van der Waals surface area contributed by atoms with Gasteiger partial charge in [-0.1, -0.05) is 18.5 Å². The second-order valence-corrected chi connectivity index (χ2v) is 5.28. The maximum absolute atomic E-state index is 5.98. The summed E-state index contributed by atoms with van der Waals surface area (Å²) in [7, 11) is 1.64. The van der Waals surface area contributed by atoms with Gasteiger partial charge in [-0.3, -0.25) is 0 Å². The Morgan fingerprint density at radius 2 is 2.12 bits per heavy atom. The van der Waals surface area contributed by atoms with Gasteiger partial charge in [0.2, 0.25) is 0 Å². The van der Waals surface area contributed by atoms with Crippen molar-refractivity contribution in [3.8, 4) is 5.75 Å². The summed E-state index contributed by atoms with van der Waals surface area (Å²) in [6, 6.07) is 6.29. The molecular weight excluding hydrogens is 222 g/mol. The van der Waals surface area contributed by atoms with Crippen molar-refractivity contribution >= 4 is 17.3 Å². The molecule has 88 valence electrons. The van der Waals surface area contributed by atoms with Gasteiger partial charge in [0.25, 0.3) is 0 Å². The summed E-state index contributed by atoms with van der Waals surface area (Å²) in [6.45, 7) is 4.55. The van der Waals surface area contributed by atoms with Gasteiger partial charge in [0.05, 0.1) is 12.1 Å². The van der Waals surface area contributed by atoms with Crippen LogP contribution in [0, 0.1) is 5.41 Å². The standard InChI is InChI=1S/C13H18ClNO/c1-9(13(2)6-7-13)15-10-4-5-11(14)12(8-10)16-3/h4-5,8-9,15H,6-7H2,1-3H3. The molecule has 0 spiro atoms. The Labute approximate surface area is 102 Å². The maximum Gasteiger partial charge on any atom is 0.139 e. The predicted molar refractivity (Wildman–Crippen MR) is 68.4 cm³/mol. The Bertz CT molecular complexity index is 388. The Morgan fingerprint density at radius 3 is 2.69 bits per heavy atom. The van der Waals surface area contributed by atoms with Crippen molar-refractivity contribution in [2.45, 2.75) is 32.7 Å². The minimum atomic E-state index is 0.465. The Balaban J connectivity index is 2.09. The van der Waals surface area contributed by atoms with E-state index < -0.39 is 0 Å². The number of nitrogens with one attached hydrogen (secondary N) is 1. The second kappa shape index (κ2) is 4.17. The van der Waals surface area contributed by atoms with Crippen LogP contribution in [0.1, 0.15) is 26.7 Å². The molecule has 0 aliphatic heterocycles. The minimum Gasteiger partial charge on any atom is -0.495 e. The molecule has 1 aromatic rings. The molecule has 3 heteroatoms. The van der Waals surface area contributed by atoms with E-state index in [1.165, 1.54) is 12.8 Å². The van der Waals surface area contributed by atoms with Crippen molar-refractivity contribution in [3.63, 3.8) is 0 Å². The van der Waals surface area contributed by atoms with Crippen molar-refractivity contribution in [1.82, 2.24) is 0 Å². The molecule has 1 unspecified atom stereocenters. The SMILES string of the molecule is COc1cc(NC(C)C2(C)CC2)ccc1Cl. The van der Waals surface area contributed by atoms with Crippen LogP contribution in [0.25, 0.3) is 0 Å². The smallest absolute Gasteiger partial charge is 0.139 e. The third kappa shape index (κ3) is 2.27. The van der Waals surface area contributed by atoms with E-state index in [-0.39, 0.29) is 0 Å². The van der Waals surface area contributed by atoms with Gasteiger partial charge in [-0.2, -0.15) is 0 Å². The summed E-state index contributed by atoms with van der Waals surface area (Å²) >= 11 is 5.98. The fraction of sp³-hybridized carbons (Fsp3) is 0.538. The summed E-state index contributed by atoms with van der Waals surface area (Å²) in [5, 5.41) is 4.16. The van der Waals surface area contributed by atoms with Crippen LogP contribution in [0.15, 0.2) is 18.2 Å². The van der Waals surface area contributed by atoms with Crippen LogP contribution in [-0.4, -0.2) is 13.2 Å². The number of hydrogen-bond acceptors (Lipinski definition) is 2. The zero-order chi connectivity index (χ0) is 11.8. The number of halogens is 1. The van der Waals surface area contributed by atoms with Crippen molar-refractivity contribution in [3.05, 3.63) is 23.2 Å². The lowest BCUT2D eigenvalue weighted by Gasteiger charge is -2.22. The molecule has 1 aromatic carbocycles. The minimum absolute atomic E-state index is 0.465. The van der Waals surface area contributed by atoms with Crippen molar-refractivity contribution in [1.29, 1.82) is 0 Å². The molecule has 1 aliphatic rings. The van der Waals surface area contributed by atoms with E-state index in [1.807, 2.05) is 18.2 Å². The molecule has 0 bridgehead atoms. The second-order valence-electron chi connectivity index (χ2n) is 4.87. The lowest BCUT2D eigenvalue weighted by Crippen LogP contribution is -2.24. The molecule has 2 nitrogen and oxygen atoms in total. The van der Waals surface area contributed by atoms with Gasteiger partial charge >= 0.3 is 0 Å². The van der Waals surface area contributed by atoms with Crippen LogP contribution in [0.5, 0.6) is 5.75 Å². The van der Waals surface area contributed by atoms with E-state index in [1.54, 1.807) is 7.11 Å². The fourth-order valence-electron chi connectivity index (χ4n) is 1.80. The molecule has 0 radical (unpaired) electrons. The number of rotatable bonds is 4. The van der Waals surface area contributed by atoms with Gasteiger partial charge in [-0.05, 0) is 37.3 Å². The molecule has 0 amide bonds. The van der Waals surface area contributed by atoms with Crippen LogP contribution in [-0.2, 0) is 0 Å². The third-order valence-electron chi connectivity index (χ3n) is 3.62. The zero-order valence-electron chi connectivity index (χ0n) is 10.0. The van der Waals surface area contributed by atoms with Crippen LogP contribution in [0.2, 0.25) is 5.02 Å². The van der Waals surface area contributed by atoms with E-state index in [4.69, 9.17) is 16.3 Å². The quantitative estimate of drug-likeness (QED) is 0.859. The highest BCUT2D eigenvalue weighted by Gasteiger charge is 2.42. The summed E-state index contributed by atoms with van der Waals surface area (Å²) in [6.07, 6.45) is 2.62. The number of benzene rings is 1. The zero-order valence-corrected chi connectivity index (χ0v) is 10.8. The van der Waals surface area contributed by atoms with Crippen LogP contribution < -0.4 is 10.1 Å². The predicted octanol–water partition coefficient (Wildman–Crippen LogP) is 3.95. The maximum atomic E-state index is 5.98. The summed E-state index contributed by atoms with van der Waals surface area (Å²) in [5.41, 5.74) is 1.54. The topological polar surface area (TPSA) is 21.3 Å². The molecule has 1 aliphatic carbocycles. The highest BCUT2D eigenvalue weighted by atomic mass is 35.5. The van der Waals surface area contributed by atoms with Gasteiger partial charge in [0.15, 0.2) is 0 Å². The first-order valence-electron chi connectivity index (χ1n) is 5.65. The molecule has 0 heterocycles. The van der Waals surface area contributed by atoms with Gasteiger partial charge < -0.3 is 10.1 Å². The molecule has 0 aromatic heterocycles. The molecule has 1 atom stereocenters. The molecule has 16 heavy (non-hydrogen) atoms. The van der Waals surface area contributed by atoms with E-state index >= 15 is 0 Å². The molecule has 1 fully saturated rings. The van der Waals surface area contributed by atoms with Crippen LogP contribution in [0.4, 0.5) is 5.69 Å². The molecule has 0 saturated heterocycles. The lowest BCUT2D eigenvalue weighted by atomic mass is 10.0. The fourth-order valence-corrected chi connectivity index (χ4v) is 2.00. The van der Waals surface area contributed by atoms with Gasteiger partial charge in [-0.15, -0.1) is 0 Å². The van der Waals surface area contributed by atoms with E-state index in [0.29, 0.717) is 16.5 Å². The Hall–Kier alpha value is -0.890. The number of ether oxygens (including phenoxy) is 1. The van der Waals surface area contributed by atoms with Crippen molar-refractivity contribution < 1.29 is 4.74 Å². The van der Waals surface area contributed by atoms with E-state index in [2.05, 4.69) is 19.2 Å². The molecule has 1 N–H and O–H groups in total. The van der Waals surface area contributed by atoms with Crippen molar-refractivity contribution in [2.24, 2.45) is 5.41 Å². The summed E-state index contributed by atoms with van der Waals surface area (Å²) in [4.78, 5) is 0. The number of hydrogen-bond donors (Lipinski definition) is 1. The normalized spacial score (nSPS) is 19.0.